The van der Waals surface area contributed by atoms with Gasteiger partial charge in [0.1, 0.15) is 0 Å². The predicted molar refractivity (Wildman–Crippen MR) is 118 cm³/mol. The molecule has 134 valence electrons. The summed E-state index contributed by atoms with van der Waals surface area (Å²) in [6, 6.07) is 27.8. The van der Waals surface area contributed by atoms with Crippen molar-refractivity contribution in [2.24, 2.45) is 0 Å². The molecule has 3 rings (SSSR count). The van der Waals surface area contributed by atoms with E-state index in [2.05, 4.69) is 104 Å². The number of benzene rings is 3. The molecule has 26 heavy (non-hydrogen) atoms. The molecule has 0 nitrogen and oxygen atoms in total. The second-order valence-corrected chi connectivity index (χ2v) is 18.8. The van der Waals surface area contributed by atoms with Crippen LogP contribution in [-0.4, -0.2) is 13.3 Å². The molecule has 0 spiro atoms. The van der Waals surface area contributed by atoms with Gasteiger partial charge in [-0.1, -0.05) is 0 Å². The minimum atomic E-state index is -2.13. The molecular formula is C25H30Ge. The van der Waals surface area contributed by atoms with Gasteiger partial charge in [0.2, 0.25) is 0 Å². The van der Waals surface area contributed by atoms with Crippen LogP contribution in [0.2, 0.25) is 17.3 Å². The molecule has 0 saturated carbocycles. The van der Waals surface area contributed by atoms with Crippen molar-refractivity contribution in [3.05, 3.63) is 90.0 Å². The SMILES string of the molecule is [2H]C(C)(c1cc(-c2ccccc2)cc[c]1[Ge]([CH3])([CH3])[CH3])C(C)c1ccccc1. The monoisotopic (exact) mass is 405 g/mol. The Kier molecular flexibility index (Phi) is 5.31. The Morgan fingerprint density at radius 1 is 0.731 bits per heavy atom. The van der Waals surface area contributed by atoms with Crippen LogP contribution < -0.4 is 4.40 Å². The van der Waals surface area contributed by atoms with Gasteiger partial charge < -0.3 is 0 Å². The standard InChI is InChI=1S/C25H30Ge/c1-19(21-12-8-6-9-13-21)20(2)24-18-23(22-14-10-7-11-15-22)16-17-25(24)26(3,4)5/h6-20H,1-5H3/i20D. The molecule has 0 aliphatic rings. The van der Waals surface area contributed by atoms with E-state index in [-0.39, 0.29) is 5.92 Å². The summed E-state index contributed by atoms with van der Waals surface area (Å²) in [5, 5.41) is 0. The molecule has 0 aromatic heterocycles. The third-order valence-corrected chi connectivity index (χ3v) is 9.61. The summed E-state index contributed by atoms with van der Waals surface area (Å²) in [6.45, 7) is 4.28. The van der Waals surface area contributed by atoms with Crippen LogP contribution in [-0.2, 0) is 0 Å². The molecular weight excluding hydrogens is 373 g/mol. The summed E-state index contributed by atoms with van der Waals surface area (Å²) >= 11 is -2.13. The van der Waals surface area contributed by atoms with Gasteiger partial charge in [-0.15, -0.1) is 0 Å². The molecule has 0 aliphatic carbocycles. The van der Waals surface area contributed by atoms with E-state index < -0.39 is 19.2 Å². The molecule has 3 aromatic rings. The normalized spacial score (nSPS) is 15.8. The average molecular weight is 404 g/mol. The molecule has 0 saturated heterocycles. The fourth-order valence-corrected chi connectivity index (χ4v) is 7.04. The molecule has 0 N–H and O–H groups in total. The van der Waals surface area contributed by atoms with Crippen LogP contribution in [0, 0.1) is 0 Å². The van der Waals surface area contributed by atoms with Crippen molar-refractivity contribution in [2.75, 3.05) is 0 Å². The van der Waals surface area contributed by atoms with Crippen molar-refractivity contribution in [3.63, 3.8) is 0 Å². The summed E-state index contributed by atoms with van der Waals surface area (Å²) < 4.78 is 10.9. The number of rotatable bonds is 5. The van der Waals surface area contributed by atoms with Gasteiger partial charge in [-0.05, 0) is 0 Å². The quantitative estimate of drug-likeness (QED) is 0.410. The van der Waals surface area contributed by atoms with Crippen molar-refractivity contribution >= 4 is 17.7 Å². The van der Waals surface area contributed by atoms with E-state index >= 15 is 0 Å². The van der Waals surface area contributed by atoms with Crippen molar-refractivity contribution in [1.82, 2.24) is 0 Å². The molecule has 0 amide bonds. The van der Waals surface area contributed by atoms with E-state index in [9.17, 15) is 1.37 Å². The van der Waals surface area contributed by atoms with Gasteiger partial charge >= 0.3 is 163 Å². The molecule has 0 radical (unpaired) electrons. The first-order chi connectivity index (χ1) is 12.7. The second-order valence-electron chi connectivity index (χ2n) is 8.19. The minimum absolute atomic E-state index is 0.119. The van der Waals surface area contributed by atoms with E-state index in [4.69, 9.17) is 0 Å². The van der Waals surface area contributed by atoms with E-state index in [0.717, 1.165) is 0 Å². The van der Waals surface area contributed by atoms with Gasteiger partial charge in [0.15, 0.2) is 0 Å². The van der Waals surface area contributed by atoms with E-state index in [0.29, 0.717) is 0 Å². The van der Waals surface area contributed by atoms with Crippen molar-refractivity contribution < 1.29 is 1.37 Å². The van der Waals surface area contributed by atoms with Crippen LogP contribution in [0.4, 0.5) is 0 Å². The summed E-state index contributed by atoms with van der Waals surface area (Å²) in [5.41, 5.74) is 4.86. The summed E-state index contributed by atoms with van der Waals surface area (Å²) in [4.78, 5) is 0. The fraction of sp³-hybridized carbons (Fsp3) is 0.280. The Morgan fingerprint density at radius 2 is 1.31 bits per heavy atom. The average Bonchev–Trinajstić information content (AvgIpc) is 2.67. The van der Waals surface area contributed by atoms with Gasteiger partial charge in [-0.25, -0.2) is 0 Å². The first-order valence-corrected chi connectivity index (χ1v) is 16.8. The van der Waals surface area contributed by atoms with Gasteiger partial charge in [-0.3, -0.25) is 0 Å². The third kappa shape index (κ3) is 4.12. The zero-order valence-corrected chi connectivity index (χ0v) is 18.7. The number of hydrogen-bond acceptors (Lipinski definition) is 0. The summed E-state index contributed by atoms with van der Waals surface area (Å²) in [6.07, 6.45) is 0. The molecule has 2 unspecified atom stereocenters. The van der Waals surface area contributed by atoms with Crippen LogP contribution >= 0.6 is 0 Å². The van der Waals surface area contributed by atoms with Gasteiger partial charge in [-0.2, -0.15) is 0 Å². The first-order valence-electron chi connectivity index (χ1n) is 9.96. The Balaban J connectivity index is 2.16. The Labute approximate surface area is 163 Å². The second kappa shape index (κ2) is 7.84. The summed E-state index contributed by atoms with van der Waals surface area (Å²) in [7, 11) is 0. The van der Waals surface area contributed by atoms with Crippen LogP contribution in [0.15, 0.2) is 78.9 Å². The van der Waals surface area contributed by atoms with Crippen LogP contribution in [0.3, 0.4) is 0 Å². The Morgan fingerprint density at radius 3 is 1.88 bits per heavy atom. The zero-order chi connectivity index (χ0) is 19.7. The topological polar surface area (TPSA) is 0 Å². The Hall–Kier alpha value is -1.80. The van der Waals surface area contributed by atoms with E-state index in [1.807, 2.05) is 6.07 Å². The van der Waals surface area contributed by atoms with Gasteiger partial charge in [0, 0.05) is 0 Å². The summed E-state index contributed by atoms with van der Waals surface area (Å²) in [5.74, 6) is 6.70. The molecule has 0 heterocycles. The van der Waals surface area contributed by atoms with Crippen molar-refractivity contribution in [3.8, 4) is 11.1 Å². The first kappa shape index (κ1) is 17.6. The van der Waals surface area contributed by atoms with Gasteiger partial charge in [0.05, 0.1) is 0 Å². The molecule has 1 heteroatoms. The molecule has 3 aromatic carbocycles. The zero-order valence-electron chi connectivity index (χ0n) is 17.6. The van der Waals surface area contributed by atoms with E-state index in [1.54, 1.807) is 0 Å². The van der Waals surface area contributed by atoms with Crippen LogP contribution in [0.25, 0.3) is 11.1 Å². The van der Waals surface area contributed by atoms with Crippen LogP contribution in [0.5, 0.6) is 0 Å². The molecule has 0 bridgehead atoms. The molecule has 2 atom stereocenters. The van der Waals surface area contributed by atoms with Crippen molar-refractivity contribution in [1.29, 1.82) is 0 Å². The maximum absolute atomic E-state index is 9.42. The van der Waals surface area contributed by atoms with Crippen LogP contribution in [0.1, 0.15) is 38.2 Å². The number of hydrogen-bond donors (Lipinski definition) is 0. The van der Waals surface area contributed by atoms with E-state index in [1.165, 1.54) is 26.6 Å². The third-order valence-electron chi connectivity index (χ3n) is 5.31. The maximum atomic E-state index is 9.42. The fourth-order valence-electron chi connectivity index (χ4n) is 3.56. The molecule has 0 fully saturated rings. The van der Waals surface area contributed by atoms with Gasteiger partial charge in [0.25, 0.3) is 0 Å². The predicted octanol–water partition coefficient (Wildman–Crippen LogP) is 6.81. The van der Waals surface area contributed by atoms with Crippen molar-refractivity contribution in [2.45, 2.75) is 42.9 Å². The Bertz CT molecular complexity index is 893. The molecule has 0 aliphatic heterocycles.